The van der Waals surface area contributed by atoms with Crippen LogP contribution in [0.5, 0.6) is 0 Å². The summed E-state index contributed by atoms with van der Waals surface area (Å²) in [4.78, 5) is 43.3. The zero-order chi connectivity index (χ0) is 21.1. The zero-order valence-electron chi connectivity index (χ0n) is 16.2. The molecule has 2 aromatic heterocycles. The number of rotatable bonds is 6. The van der Waals surface area contributed by atoms with Crippen molar-refractivity contribution in [3.8, 4) is 0 Å². The van der Waals surface area contributed by atoms with Crippen LogP contribution in [0, 0.1) is 5.82 Å². The number of aryl methyl sites for hydroxylation is 2. The standard InChI is InChI=1S/C21H21FN4O3S/c22-14-7-5-13(6-8-14)9-23-17(27)10-24-18(28)11-26-12-25-20-19(21(26)29)15-3-1-2-4-16(15)30-20/h5-8,12H,1-4,9-11H2,(H,23,27)(H,24,28). The SMILES string of the molecule is O=C(CNC(=O)Cn1cnc2sc3c(c2c1=O)CCCC3)NCc1ccc(F)cc1. The van der Waals surface area contributed by atoms with Crippen LogP contribution in [0.2, 0.25) is 0 Å². The van der Waals surface area contributed by atoms with Gasteiger partial charge in [-0.1, -0.05) is 12.1 Å². The van der Waals surface area contributed by atoms with Crippen molar-refractivity contribution in [1.82, 2.24) is 20.2 Å². The molecule has 0 spiro atoms. The van der Waals surface area contributed by atoms with Gasteiger partial charge in [-0.15, -0.1) is 11.3 Å². The molecule has 0 saturated heterocycles. The van der Waals surface area contributed by atoms with Crippen LogP contribution in [0.1, 0.15) is 28.8 Å². The molecule has 156 valence electrons. The van der Waals surface area contributed by atoms with Crippen molar-refractivity contribution in [3.63, 3.8) is 0 Å². The molecule has 3 aromatic rings. The van der Waals surface area contributed by atoms with Crippen LogP contribution in [-0.4, -0.2) is 27.9 Å². The Morgan fingerprint density at radius 3 is 2.67 bits per heavy atom. The Balaban J connectivity index is 1.34. The molecule has 0 aliphatic heterocycles. The normalized spacial score (nSPS) is 13.1. The monoisotopic (exact) mass is 428 g/mol. The molecule has 0 unspecified atom stereocenters. The Morgan fingerprint density at radius 1 is 1.10 bits per heavy atom. The first kappa shape index (κ1) is 20.2. The highest BCUT2D eigenvalue weighted by Gasteiger charge is 2.20. The number of halogens is 1. The first-order valence-electron chi connectivity index (χ1n) is 9.79. The van der Waals surface area contributed by atoms with E-state index in [4.69, 9.17) is 0 Å². The van der Waals surface area contributed by atoms with Crippen LogP contribution in [0.25, 0.3) is 10.2 Å². The molecule has 7 nitrogen and oxygen atoms in total. The number of thiophene rings is 1. The molecule has 1 aliphatic rings. The van der Waals surface area contributed by atoms with Crippen molar-refractivity contribution < 1.29 is 14.0 Å². The number of hydrogen-bond acceptors (Lipinski definition) is 5. The van der Waals surface area contributed by atoms with E-state index in [1.54, 1.807) is 23.5 Å². The van der Waals surface area contributed by atoms with E-state index >= 15 is 0 Å². The summed E-state index contributed by atoms with van der Waals surface area (Å²) >= 11 is 1.56. The fraction of sp³-hybridized carbons (Fsp3) is 0.333. The van der Waals surface area contributed by atoms with E-state index in [0.717, 1.165) is 41.6 Å². The maximum atomic E-state index is 12.9. The van der Waals surface area contributed by atoms with Gasteiger partial charge in [0.2, 0.25) is 11.8 Å². The summed E-state index contributed by atoms with van der Waals surface area (Å²) in [6.45, 7) is -0.172. The molecule has 0 bridgehead atoms. The minimum atomic E-state index is -0.445. The number of benzene rings is 1. The third kappa shape index (κ3) is 4.40. The lowest BCUT2D eigenvalue weighted by Gasteiger charge is -2.11. The maximum absolute atomic E-state index is 12.9. The predicted octanol–water partition coefficient (Wildman–Crippen LogP) is 1.91. The van der Waals surface area contributed by atoms with Gasteiger partial charge in [0, 0.05) is 11.4 Å². The van der Waals surface area contributed by atoms with Crippen molar-refractivity contribution in [3.05, 3.63) is 62.8 Å². The highest BCUT2D eigenvalue weighted by Crippen LogP contribution is 2.33. The van der Waals surface area contributed by atoms with Gasteiger partial charge in [0.15, 0.2) is 0 Å². The minimum Gasteiger partial charge on any atom is -0.350 e. The average Bonchev–Trinajstić information content (AvgIpc) is 3.13. The van der Waals surface area contributed by atoms with Crippen molar-refractivity contribution in [2.24, 2.45) is 0 Å². The van der Waals surface area contributed by atoms with Gasteiger partial charge >= 0.3 is 0 Å². The smallest absolute Gasteiger partial charge is 0.262 e. The second-order valence-electron chi connectivity index (χ2n) is 7.25. The number of carbonyl (C=O) groups is 2. The number of nitrogens with zero attached hydrogens (tertiary/aromatic N) is 2. The molecule has 4 rings (SSSR count). The van der Waals surface area contributed by atoms with Crippen LogP contribution in [0.4, 0.5) is 4.39 Å². The van der Waals surface area contributed by atoms with Gasteiger partial charge in [-0.05, 0) is 48.9 Å². The number of hydrogen-bond donors (Lipinski definition) is 2. The lowest BCUT2D eigenvalue weighted by Crippen LogP contribution is -2.39. The second-order valence-corrected chi connectivity index (χ2v) is 8.33. The topological polar surface area (TPSA) is 93.1 Å². The zero-order valence-corrected chi connectivity index (χ0v) is 17.1. The molecule has 1 aliphatic carbocycles. The van der Waals surface area contributed by atoms with E-state index in [1.165, 1.54) is 27.9 Å². The fourth-order valence-corrected chi connectivity index (χ4v) is 4.77. The van der Waals surface area contributed by atoms with Crippen molar-refractivity contribution in [2.75, 3.05) is 6.54 Å². The quantitative estimate of drug-likeness (QED) is 0.627. The van der Waals surface area contributed by atoms with Gasteiger partial charge in [0.25, 0.3) is 5.56 Å². The molecule has 0 radical (unpaired) electrons. The van der Waals surface area contributed by atoms with E-state index in [9.17, 15) is 18.8 Å². The highest BCUT2D eigenvalue weighted by atomic mass is 32.1. The number of aromatic nitrogens is 2. The molecular formula is C21H21FN4O3S. The van der Waals surface area contributed by atoms with Crippen LogP contribution in [0.3, 0.4) is 0 Å². The summed E-state index contributed by atoms with van der Waals surface area (Å²) in [5.41, 5.74) is 1.62. The predicted molar refractivity (Wildman–Crippen MR) is 112 cm³/mol. The van der Waals surface area contributed by atoms with Crippen molar-refractivity contribution >= 4 is 33.4 Å². The minimum absolute atomic E-state index is 0.197. The van der Waals surface area contributed by atoms with Crippen LogP contribution < -0.4 is 16.2 Å². The molecule has 0 atom stereocenters. The fourth-order valence-electron chi connectivity index (χ4n) is 3.55. The first-order valence-corrected chi connectivity index (χ1v) is 10.6. The molecule has 2 N–H and O–H groups in total. The third-order valence-electron chi connectivity index (χ3n) is 5.10. The molecule has 1 aromatic carbocycles. The van der Waals surface area contributed by atoms with E-state index in [-0.39, 0.29) is 36.9 Å². The number of fused-ring (bicyclic) bond motifs is 3. The number of amides is 2. The van der Waals surface area contributed by atoms with Crippen molar-refractivity contribution in [1.29, 1.82) is 0 Å². The highest BCUT2D eigenvalue weighted by molar-refractivity contribution is 7.18. The van der Waals surface area contributed by atoms with E-state index < -0.39 is 5.91 Å². The Bertz CT molecular complexity index is 1150. The largest absolute Gasteiger partial charge is 0.350 e. The van der Waals surface area contributed by atoms with Gasteiger partial charge in [-0.25, -0.2) is 9.37 Å². The molecule has 30 heavy (non-hydrogen) atoms. The summed E-state index contributed by atoms with van der Waals surface area (Å²) in [5, 5.41) is 5.79. The summed E-state index contributed by atoms with van der Waals surface area (Å²) in [6.07, 6.45) is 5.42. The maximum Gasteiger partial charge on any atom is 0.262 e. The van der Waals surface area contributed by atoms with Crippen LogP contribution in [0.15, 0.2) is 35.4 Å². The van der Waals surface area contributed by atoms with Gasteiger partial charge in [0.05, 0.1) is 18.3 Å². The summed E-state index contributed by atoms with van der Waals surface area (Å²) in [6, 6.07) is 5.78. The van der Waals surface area contributed by atoms with Gasteiger partial charge in [0.1, 0.15) is 17.2 Å². The number of carbonyl (C=O) groups excluding carboxylic acids is 2. The van der Waals surface area contributed by atoms with Crippen LogP contribution in [-0.2, 0) is 35.5 Å². The summed E-state index contributed by atoms with van der Waals surface area (Å²) < 4.78 is 14.2. The Kier molecular flexibility index (Phi) is 5.89. The molecule has 2 heterocycles. The molecule has 0 fully saturated rings. The van der Waals surface area contributed by atoms with E-state index in [2.05, 4.69) is 15.6 Å². The Hall–Kier alpha value is -3.07. The second kappa shape index (κ2) is 8.74. The van der Waals surface area contributed by atoms with Gasteiger partial charge in [-0.3, -0.25) is 19.0 Å². The lowest BCUT2D eigenvalue weighted by atomic mass is 9.97. The Labute approximate surface area is 175 Å². The third-order valence-corrected chi connectivity index (χ3v) is 6.30. The molecular weight excluding hydrogens is 407 g/mol. The van der Waals surface area contributed by atoms with E-state index in [1.807, 2.05) is 0 Å². The average molecular weight is 428 g/mol. The molecule has 9 heteroatoms. The van der Waals surface area contributed by atoms with E-state index in [0.29, 0.717) is 5.39 Å². The summed E-state index contributed by atoms with van der Waals surface area (Å²) in [5.74, 6) is -1.16. The lowest BCUT2D eigenvalue weighted by molar-refractivity contribution is -0.126. The Morgan fingerprint density at radius 2 is 1.87 bits per heavy atom. The number of nitrogens with one attached hydrogen (secondary N) is 2. The molecule has 0 saturated carbocycles. The first-order chi connectivity index (χ1) is 14.5. The van der Waals surface area contributed by atoms with Gasteiger partial charge < -0.3 is 10.6 Å². The molecule has 2 amide bonds. The summed E-state index contributed by atoms with van der Waals surface area (Å²) in [7, 11) is 0. The van der Waals surface area contributed by atoms with Crippen LogP contribution >= 0.6 is 11.3 Å². The van der Waals surface area contributed by atoms with Gasteiger partial charge in [-0.2, -0.15) is 0 Å². The van der Waals surface area contributed by atoms with Crippen molar-refractivity contribution in [2.45, 2.75) is 38.8 Å².